The van der Waals surface area contributed by atoms with Crippen LogP contribution in [0.4, 0.5) is 0 Å². The van der Waals surface area contributed by atoms with Gasteiger partial charge < -0.3 is 14.3 Å². The summed E-state index contributed by atoms with van der Waals surface area (Å²) < 4.78 is 11.9. The minimum absolute atomic E-state index is 0.152. The number of carboxylic acid groups (broad SMARTS) is 1. The van der Waals surface area contributed by atoms with Gasteiger partial charge in [-0.05, 0) is 29.7 Å². The van der Waals surface area contributed by atoms with Crippen molar-refractivity contribution in [3.8, 4) is 28.3 Å². The molecule has 0 amide bonds. The van der Waals surface area contributed by atoms with Crippen LogP contribution in [-0.4, -0.2) is 22.7 Å². The highest BCUT2D eigenvalue weighted by molar-refractivity contribution is 5.77. The summed E-state index contributed by atoms with van der Waals surface area (Å²) in [5.41, 5.74) is 4.83. The SMILES string of the molecule is O=C(O)COc1cccc(CC(c2ccccc2)c2nc(-c3ccccc3)c(-c3ccccc3)o2)c1. The molecule has 1 atom stereocenters. The normalized spacial score (nSPS) is 11.7. The van der Waals surface area contributed by atoms with Crippen molar-refractivity contribution in [1.82, 2.24) is 4.98 Å². The molecule has 0 aliphatic rings. The van der Waals surface area contributed by atoms with Crippen molar-refractivity contribution in [2.24, 2.45) is 0 Å². The molecular weight excluding hydrogens is 450 g/mol. The average molecular weight is 476 g/mol. The van der Waals surface area contributed by atoms with Crippen molar-refractivity contribution < 1.29 is 19.1 Å². The number of nitrogens with zero attached hydrogens (tertiary/aromatic N) is 1. The number of aliphatic carboxylic acids is 1. The summed E-state index contributed by atoms with van der Waals surface area (Å²) in [7, 11) is 0. The maximum Gasteiger partial charge on any atom is 0.341 e. The first kappa shape index (κ1) is 23.1. The molecule has 0 bridgehead atoms. The molecule has 5 nitrogen and oxygen atoms in total. The average Bonchev–Trinajstić information content (AvgIpc) is 3.38. The second-order valence-electron chi connectivity index (χ2n) is 8.46. The molecule has 1 heterocycles. The van der Waals surface area contributed by atoms with Gasteiger partial charge in [-0.3, -0.25) is 0 Å². The van der Waals surface area contributed by atoms with Crippen LogP contribution in [0.2, 0.25) is 0 Å². The van der Waals surface area contributed by atoms with E-state index in [1.54, 1.807) is 6.07 Å². The van der Waals surface area contributed by atoms with Crippen LogP contribution >= 0.6 is 0 Å². The fourth-order valence-corrected chi connectivity index (χ4v) is 4.24. The molecule has 5 aromatic rings. The highest BCUT2D eigenvalue weighted by Crippen LogP contribution is 2.37. The van der Waals surface area contributed by atoms with E-state index in [1.165, 1.54) is 0 Å². The first-order chi connectivity index (χ1) is 17.7. The fraction of sp³-hybridized carbons (Fsp3) is 0.0968. The van der Waals surface area contributed by atoms with Crippen molar-refractivity contribution >= 4 is 5.97 Å². The molecule has 36 heavy (non-hydrogen) atoms. The molecule has 0 aliphatic carbocycles. The maximum atomic E-state index is 10.9. The maximum absolute atomic E-state index is 10.9. The van der Waals surface area contributed by atoms with E-state index in [0.29, 0.717) is 18.1 Å². The Labute approximate surface area is 209 Å². The number of rotatable bonds is 9. The molecular formula is C31H25NO4. The molecule has 1 unspecified atom stereocenters. The highest BCUT2D eigenvalue weighted by atomic mass is 16.5. The number of oxazole rings is 1. The summed E-state index contributed by atoms with van der Waals surface area (Å²) in [4.78, 5) is 16.0. The lowest BCUT2D eigenvalue weighted by Crippen LogP contribution is -2.10. The molecule has 0 fully saturated rings. The van der Waals surface area contributed by atoms with E-state index in [-0.39, 0.29) is 12.5 Å². The summed E-state index contributed by atoms with van der Waals surface area (Å²) >= 11 is 0. The van der Waals surface area contributed by atoms with Crippen molar-refractivity contribution in [3.63, 3.8) is 0 Å². The van der Waals surface area contributed by atoms with Crippen LogP contribution in [-0.2, 0) is 11.2 Å². The first-order valence-electron chi connectivity index (χ1n) is 11.8. The minimum atomic E-state index is -1.01. The molecule has 178 valence electrons. The highest BCUT2D eigenvalue weighted by Gasteiger charge is 2.25. The summed E-state index contributed by atoms with van der Waals surface area (Å²) in [6.07, 6.45) is 0.608. The van der Waals surface area contributed by atoms with Crippen LogP contribution in [0.25, 0.3) is 22.6 Å². The summed E-state index contributed by atoms with van der Waals surface area (Å²) in [6.45, 7) is -0.383. The van der Waals surface area contributed by atoms with Crippen molar-refractivity contribution in [2.75, 3.05) is 6.61 Å². The zero-order valence-electron chi connectivity index (χ0n) is 19.6. The molecule has 0 saturated heterocycles. The van der Waals surface area contributed by atoms with Gasteiger partial charge in [-0.1, -0.05) is 103 Å². The Bertz CT molecular complexity index is 1370. The van der Waals surface area contributed by atoms with Crippen LogP contribution in [0.1, 0.15) is 22.9 Å². The number of aromatic nitrogens is 1. The second-order valence-corrected chi connectivity index (χ2v) is 8.46. The van der Waals surface area contributed by atoms with Gasteiger partial charge in [0, 0.05) is 11.1 Å². The summed E-state index contributed by atoms with van der Waals surface area (Å²) in [5.74, 6) is 0.709. The first-order valence-corrected chi connectivity index (χ1v) is 11.8. The van der Waals surface area contributed by atoms with Gasteiger partial charge in [0.05, 0.1) is 5.92 Å². The zero-order chi connectivity index (χ0) is 24.7. The van der Waals surface area contributed by atoms with Gasteiger partial charge >= 0.3 is 5.97 Å². The smallest absolute Gasteiger partial charge is 0.341 e. The van der Waals surface area contributed by atoms with Crippen LogP contribution in [0.3, 0.4) is 0 Å². The molecule has 1 N–H and O–H groups in total. The van der Waals surface area contributed by atoms with Crippen LogP contribution < -0.4 is 4.74 Å². The quantitative estimate of drug-likeness (QED) is 0.252. The van der Waals surface area contributed by atoms with E-state index in [9.17, 15) is 4.79 Å². The predicted molar refractivity (Wildman–Crippen MR) is 139 cm³/mol. The van der Waals surface area contributed by atoms with Gasteiger partial charge in [0.25, 0.3) is 0 Å². The molecule has 0 aliphatic heterocycles. The molecule has 1 aromatic heterocycles. The predicted octanol–water partition coefficient (Wildman–Crippen LogP) is 6.85. The largest absolute Gasteiger partial charge is 0.482 e. The van der Waals surface area contributed by atoms with E-state index in [0.717, 1.165) is 33.7 Å². The van der Waals surface area contributed by atoms with Gasteiger partial charge in [0.15, 0.2) is 12.4 Å². The van der Waals surface area contributed by atoms with Crippen molar-refractivity contribution in [2.45, 2.75) is 12.3 Å². The Morgan fingerprint density at radius 3 is 2.11 bits per heavy atom. The molecule has 5 rings (SSSR count). The molecule has 0 spiro atoms. The van der Waals surface area contributed by atoms with E-state index in [2.05, 4.69) is 12.1 Å². The standard InChI is InChI=1S/C31H25NO4/c33-28(34)21-35-26-18-10-11-22(19-26)20-27(23-12-4-1-5-13-23)31-32-29(24-14-6-2-7-15-24)30(36-31)25-16-8-3-9-17-25/h1-19,27H,20-21H2,(H,33,34). The topological polar surface area (TPSA) is 72.6 Å². The van der Waals surface area contributed by atoms with E-state index in [4.69, 9.17) is 19.2 Å². The Kier molecular flexibility index (Phi) is 6.90. The third kappa shape index (κ3) is 5.36. The molecule has 4 aromatic carbocycles. The number of hydrogen-bond acceptors (Lipinski definition) is 4. The summed E-state index contributed by atoms with van der Waals surface area (Å²) in [5, 5.41) is 8.96. The van der Waals surface area contributed by atoms with Crippen LogP contribution in [0.15, 0.2) is 120 Å². The van der Waals surface area contributed by atoms with E-state index < -0.39 is 5.97 Å². The Balaban J connectivity index is 1.57. The van der Waals surface area contributed by atoms with Gasteiger partial charge in [0.2, 0.25) is 5.89 Å². The van der Waals surface area contributed by atoms with E-state index >= 15 is 0 Å². The third-order valence-electron chi connectivity index (χ3n) is 5.93. The zero-order valence-corrected chi connectivity index (χ0v) is 19.6. The minimum Gasteiger partial charge on any atom is -0.482 e. The lowest BCUT2D eigenvalue weighted by molar-refractivity contribution is -0.139. The van der Waals surface area contributed by atoms with E-state index in [1.807, 2.05) is 97.1 Å². The van der Waals surface area contributed by atoms with Crippen LogP contribution in [0.5, 0.6) is 5.75 Å². The number of hydrogen-bond donors (Lipinski definition) is 1. The number of carbonyl (C=O) groups is 1. The van der Waals surface area contributed by atoms with Gasteiger partial charge in [0.1, 0.15) is 11.4 Å². The lowest BCUT2D eigenvalue weighted by atomic mass is 9.92. The Morgan fingerprint density at radius 2 is 1.44 bits per heavy atom. The Hall–Kier alpha value is -4.64. The van der Waals surface area contributed by atoms with Gasteiger partial charge in [-0.15, -0.1) is 0 Å². The van der Waals surface area contributed by atoms with Crippen molar-refractivity contribution in [3.05, 3.63) is 132 Å². The number of ether oxygens (including phenoxy) is 1. The monoisotopic (exact) mass is 475 g/mol. The van der Waals surface area contributed by atoms with Crippen molar-refractivity contribution in [1.29, 1.82) is 0 Å². The van der Waals surface area contributed by atoms with Crippen LogP contribution in [0, 0.1) is 0 Å². The molecule has 0 saturated carbocycles. The van der Waals surface area contributed by atoms with Gasteiger partial charge in [-0.25, -0.2) is 9.78 Å². The third-order valence-corrected chi connectivity index (χ3v) is 5.93. The summed E-state index contributed by atoms with van der Waals surface area (Å²) in [6, 6.07) is 37.7. The number of benzene rings is 4. The fourth-order valence-electron chi connectivity index (χ4n) is 4.24. The molecule has 5 heteroatoms. The number of carboxylic acids is 1. The lowest BCUT2D eigenvalue weighted by Gasteiger charge is -2.15. The van der Waals surface area contributed by atoms with Gasteiger partial charge in [-0.2, -0.15) is 0 Å². The Morgan fingerprint density at radius 1 is 0.806 bits per heavy atom. The second kappa shape index (κ2) is 10.7. The molecule has 0 radical (unpaired) electrons.